The standard InChI is InChI=1S/C17H26N2O/c1-4-12-17(2,18)16(20)19(3)15-11-7-9-13-8-5-6-10-14(13)15/h5-6,8,10,15H,4,7,9,11-12,18H2,1-3H3. The second-order valence-electron chi connectivity index (χ2n) is 6.19. The fourth-order valence-electron chi connectivity index (χ4n) is 3.30. The largest absolute Gasteiger partial charge is 0.337 e. The Hall–Kier alpha value is -1.35. The van der Waals surface area contributed by atoms with E-state index in [0.29, 0.717) is 0 Å². The highest BCUT2D eigenvalue weighted by molar-refractivity contribution is 5.85. The SMILES string of the molecule is CCCC(C)(N)C(=O)N(C)C1CCCc2ccccc21. The first-order valence-electron chi connectivity index (χ1n) is 7.61. The van der Waals surface area contributed by atoms with E-state index in [9.17, 15) is 4.79 Å². The van der Waals surface area contributed by atoms with E-state index < -0.39 is 5.54 Å². The van der Waals surface area contributed by atoms with E-state index in [1.54, 1.807) is 0 Å². The number of aryl methyl sites for hydroxylation is 1. The molecule has 1 aliphatic carbocycles. The van der Waals surface area contributed by atoms with Crippen molar-refractivity contribution in [3.8, 4) is 0 Å². The van der Waals surface area contributed by atoms with Gasteiger partial charge in [-0.3, -0.25) is 4.79 Å². The van der Waals surface area contributed by atoms with Crippen molar-refractivity contribution in [2.45, 2.75) is 57.5 Å². The van der Waals surface area contributed by atoms with Gasteiger partial charge in [0.15, 0.2) is 0 Å². The van der Waals surface area contributed by atoms with Crippen LogP contribution in [0.5, 0.6) is 0 Å². The smallest absolute Gasteiger partial charge is 0.242 e. The molecule has 0 bridgehead atoms. The van der Waals surface area contributed by atoms with Gasteiger partial charge in [-0.05, 0) is 43.7 Å². The maximum atomic E-state index is 12.7. The van der Waals surface area contributed by atoms with Crippen molar-refractivity contribution in [1.82, 2.24) is 4.90 Å². The summed E-state index contributed by atoms with van der Waals surface area (Å²) < 4.78 is 0. The zero-order valence-corrected chi connectivity index (χ0v) is 12.9. The monoisotopic (exact) mass is 274 g/mol. The van der Waals surface area contributed by atoms with Crippen LogP contribution >= 0.6 is 0 Å². The van der Waals surface area contributed by atoms with Gasteiger partial charge in [-0.1, -0.05) is 37.6 Å². The quantitative estimate of drug-likeness (QED) is 0.917. The normalized spacial score (nSPS) is 20.9. The third-order valence-corrected chi connectivity index (χ3v) is 4.38. The van der Waals surface area contributed by atoms with E-state index in [-0.39, 0.29) is 11.9 Å². The number of hydrogen-bond acceptors (Lipinski definition) is 2. The number of hydrogen-bond donors (Lipinski definition) is 1. The Labute approximate surface area is 122 Å². The van der Waals surface area contributed by atoms with Crippen LogP contribution in [0.15, 0.2) is 24.3 Å². The molecule has 0 aromatic heterocycles. The first-order valence-corrected chi connectivity index (χ1v) is 7.61. The Balaban J connectivity index is 2.22. The summed E-state index contributed by atoms with van der Waals surface area (Å²) in [6, 6.07) is 8.63. The number of amides is 1. The molecule has 0 aliphatic heterocycles. The minimum atomic E-state index is -0.754. The van der Waals surface area contributed by atoms with E-state index in [1.807, 2.05) is 18.9 Å². The number of fused-ring (bicyclic) bond motifs is 1. The summed E-state index contributed by atoms with van der Waals surface area (Å²) in [7, 11) is 1.90. The summed E-state index contributed by atoms with van der Waals surface area (Å²) >= 11 is 0. The molecule has 0 saturated carbocycles. The first kappa shape index (κ1) is 15.0. The number of benzene rings is 1. The Morgan fingerprint density at radius 1 is 1.45 bits per heavy atom. The molecule has 0 spiro atoms. The minimum Gasteiger partial charge on any atom is -0.337 e. The van der Waals surface area contributed by atoms with E-state index in [4.69, 9.17) is 5.73 Å². The summed E-state index contributed by atoms with van der Waals surface area (Å²) in [5.41, 5.74) is 8.12. The van der Waals surface area contributed by atoms with E-state index >= 15 is 0 Å². The molecule has 3 heteroatoms. The molecule has 20 heavy (non-hydrogen) atoms. The summed E-state index contributed by atoms with van der Waals surface area (Å²) in [4.78, 5) is 14.5. The zero-order valence-electron chi connectivity index (χ0n) is 12.9. The lowest BCUT2D eigenvalue weighted by Gasteiger charge is -2.37. The molecule has 0 saturated heterocycles. The van der Waals surface area contributed by atoms with Crippen LogP contribution < -0.4 is 5.73 Å². The fourth-order valence-corrected chi connectivity index (χ4v) is 3.30. The molecule has 2 unspecified atom stereocenters. The number of rotatable bonds is 4. The lowest BCUT2D eigenvalue weighted by Crippen LogP contribution is -2.53. The molecule has 1 aromatic carbocycles. The topological polar surface area (TPSA) is 46.3 Å². The van der Waals surface area contributed by atoms with Gasteiger partial charge >= 0.3 is 0 Å². The summed E-state index contributed by atoms with van der Waals surface area (Å²) in [6.45, 7) is 3.92. The van der Waals surface area contributed by atoms with Crippen LogP contribution in [0.2, 0.25) is 0 Å². The van der Waals surface area contributed by atoms with Crippen LogP contribution in [-0.2, 0) is 11.2 Å². The minimum absolute atomic E-state index is 0.0565. The van der Waals surface area contributed by atoms with Gasteiger partial charge in [0.1, 0.15) is 0 Å². The predicted molar refractivity (Wildman–Crippen MR) is 82.4 cm³/mol. The Bertz CT molecular complexity index is 482. The van der Waals surface area contributed by atoms with Crippen molar-refractivity contribution in [2.24, 2.45) is 5.73 Å². The third-order valence-electron chi connectivity index (χ3n) is 4.38. The van der Waals surface area contributed by atoms with Crippen molar-refractivity contribution < 1.29 is 4.79 Å². The Morgan fingerprint density at radius 2 is 2.15 bits per heavy atom. The Kier molecular flexibility index (Phi) is 4.48. The molecule has 2 atom stereocenters. The van der Waals surface area contributed by atoms with Crippen molar-refractivity contribution in [3.05, 3.63) is 35.4 Å². The fraction of sp³-hybridized carbons (Fsp3) is 0.588. The highest BCUT2D eigenvalue weighted by Crippen LogP contribution is 2.34. The number of nitrogens with two attached hydrogens (primary N) is 1. The van der Waals surface area contributed by atoms with Crippen LogP contribution in [0.4, 0.5) is 0 Å². The molecular formula is C17H26N2O. The van der Waals surface area contributed by atoms with E-state index in [1.165, 1.54) is 11.1 Å². The molecule has 110 valence electrons. The molecule has 1 amide bonds. The van der Waals surface area contributed by atoms with E-state index in [0.717, 1.165) is 32.1 Å². The highest BCUT2D eigenvalue weighted by Gasteiger charge is 2.35. The zero-order chi connectivity index (χ0) is 14.8. The molecule has 0 radical (unpaired) electrons. The van der Waals surface area contributed by atoms with Gasteiger partial charge < -0.3 is 10.6 Å². The first-order chi connectivity index (χ1) is 9.47. The van der Waals surface area contributed by atoms with Gasteiger partial charge in [-0.15, -0.1) is 0 Å². The Morgan fingerprint density at radius 3 is 2.85 bits per heavy atom. The highest BCUT2D eigenvalue weighted by atomic mass is 16.2. The maximum absolute atomic E-state index is 12.7. The molecule has 2 N–H and O–H groups in total. The molecular weight excluding hydrogens is 248 g/mol. The van der Waals surface area contributed by atoms with Crippen molar-refractivity contribution in [2.75, 3.05) is 7.05 Å². The molecule has 3 nitrogen and oxygen atoms in total. The lowest BCUT2D eigenvalue weighted by molar-refractivity contribution is -0.138. The van der Waals surface area contributed by atoms with Crippen LogP contribution in [-0.4, -0.2) is 23.4 Å². The van der Waals surface area contributed by atoms with E-state index in [2.05, 4.69) is 31.2 Å². The number of likely N-dealkylation sites (N-methyl/N-ethyl adjacent to an activating group) is 1. The van der Waals surface area contributed by atoms with Gasteiger partial charge in [0.2, 0.25) is 5.91 Å². The van der Waals surface area contributed by atoms with Gasteiger partial charge in [0.05, 0.1) is 11.6 Å². The van der Waals surface area contributed by atoms with Crippen LogP contribution in [0.25, 0.3) is 0 Å². The number of carbonyl (C=O) groups is 1. The summed E-state index contributed by atoms with van der Waals surface area (Å²) in [5, 5.41) is 0. The molecule has 2 rings (SSSR count). The van der Waals surface area contributed by atoms with Crippen LogP contribution in [0.1, 0.15) is 56.7 Å². The second kappa shape index (κ2) is 5.96. The van der Waals surface area contributed by atoms with Gasteiger partial charge in [-0.2, -0.15) is 0 Å². The molecule has 1 aliphatic rings. The second-order valence-corrected chi connectivity index (χ2v) is 6.19. The third kappa shape index (κ3) is 2.88. The van der Waals surface area contributed by atoms with Crippen molar-refractivity contribution in [3.63, 3.8) is 0 Å². The summed E-state index contributed by atoms with van der Waals surface area (Å²) in [6.07, 6.45) is 4.93. The molecule has 0 fully saturated rings. The van der Waals surface area contributed by atoms with Gasteiger partial charge in [0, 0.05) is 7.05 Å². The lowest BCUT2D eigenvalue weighted by atomic mass is 9.85. The van der Waals surface area contributed by atoms with Crippen LogP contribution in [0.3, 0.4) is 0 Å². The van der Waals surface area contributed by atoms with Crippen LogP contribution in [0, 0.1) is 0 Å². The molecule has 1 aromatic rings. The average molecular weight is 274 g/mol. The van der Waals surface area contributed by atoms with Gasteiger partial charge in [0.25, 0.3) is 0 Å². The van der Waals surface area contributed by atoms with Gasteiger partial charge in [-0.25, -0.2) is 0 Å². The predicted octanol–water partition coefficient (Wildman–Crippen LogP) is 3.04. The number of nitrogens with zero attached hydrogens (tertiary/aromatic N) is 1. The average Bonchev–Trinajstić information content (AvgIpc) is 2.45. The molecule has 0 heterocycles. The van der Waals surface area contributed by atoms with Crippen molar-refractivity contribution in [1.29, 1.82) is 0 Å². The summed E-state index contributed by atoms with van der Waals surface area (Å²) in [5.74, 6) is 0.0565. The van der Waals surface area contributed by atoms with Crippen molar-refractivity contribution >= 4 is 5.91 Å². The maximum Gasteiger partial charge on any atom is 0.242 e. The number of carbonyl (C=O) groups excluding carboxylic acids is 1.